The molecule has 1 aliphatic rings. The highest BCUT2D eigenvalue weighted by molar-refractivity contribution is 7.09. The molecule has 0 saturated heterocycles. The molecule has 1 saturated carbocycles. The molecule has 1 heterocycles. The van der Waals surface area contributed by atoms with Crippen molar-refractivity contribution in [2.75, 3.05) is 0 Å². The van der Waals surface area contributed by atoms with E-state index in [4.69, 9.17) is 5.73 Å². The quantitative estimate of drug-likeness (QED) is 0.863. The van der Waals surface area contributed by atoms with Gasteiger partial charge >= 0.3 is 0 Å². The van der Waals surface area contributed by atoms with Crippen LogP contribution in [0.4, 0.5) is 0 Å². The lowest BCUT2D eigenvalue weighted by Crippen LogP contribution is -2.36. The number of thiophene rings is 1. The van der Waals surface area contributed by atoms with Crippen molar-refractivity contribution < 1.29 is 4.79 Å². The van der Waals surface area contributed by atoms with E-state index in [2.05, 4.69) is 5.32 Å². The van der Waals surface area contributed by atoms with E-state index >= 15 is 0 Å². The van der Waals surface area contributed by atoms with Crippen LogP contribution < -0.4 is 11.1 Å². The smallest absolute Gasteiger partial charge is 0.220 e. The number of hydrogen-bond acceptors (Lipinski definition) is 3. The van der Waals surface area contributed by atoms with Crippen molar-refractivity contribution in [1.29, 1.82) is 0 Å². The normalized spacial score (nSPS) is 24.5. The Morgan fingerprint density at radius 3 is 3.00 bits per heavy atom. The van der Waals surface area contributed by atoms with Gasteiger partial charge in [-0.3, -0.25) is 4.79 Å². The predicted molar refractivity (Wildman–Crippen MR) is 70.7 cm³/mol. The number of hydrogen-bond donors (Lipinski definition) is 2. The van der Waals surface area contributed by atoms with Gasteiger partial charge in [-0.05, 0) is 30.2 Å². The topological polar surface area (TPSA) is 55.1 Å². The molecule has 4 heteroatoms. The summed E-state index contributed by atoms with van der Waals surface area (Å²) in [4.78, 5) is 13.0. The van der Waals surface area contributed by atoms with Crippen LogP contribution >= 0.6 is 11.3 Å². The first-order valence-corrected chi connectivity index (χ1v) is 7.18. The molecule has 0 bridgehead atoms. The van der Waals surface area contributed by atoms with Gasteiger partial charge in [-0.25, -0.2) is 0 Å². The third-order valence-electron chi connectivity index (χ3n) is 3.46. The number of rotatable bonds is 4. The second-order valence-electron chi connectivity index (χ2n) is 4.77. The summed E-state index contributed by atoms with van der Waals surface area (Å²) in [5.74, 6) is 0.521. The summed E-state index contributed by atoms with van der Waals surface area (Å²) >= 11 is 1.67. The highest BCUT2D eigenvalue weighted by atomic mass is 32.1. The Balaban J connectivity index is 1.73. The standard InChI is InChI=1S/C13H20N2OS/c14-12-6-2-1-4-10(12)8-13(16)15-9-11-5-3-7-17-11/h3,5,7,10,12H,1-2,4,6,8-9,14H2,(H,15,16). The lowest BCUT2D eigenvalue weighted by Gasteiger charge is -2.27. The minimum Gasteiger partial charge on any atom is -0.351 e. The number of amides is 1. The fourth-order valence-electron chi connectivity index (χ4n) is 2.40. The Morgan fingerprint density at radius 2 is 2.29 bits per heavy atom. The van der Waals surface area contributed by atoms with E-state index in [0.29, 0.717) is 18.9 Å². The molecule has 3 N–H and O–H groups in total. The van der Waals surface area contributed by atoms with Gasteiger partial charge < -0.3 is 11.1 Å². The number of carbonyl (C=O) groups excluding carboxylic acids is 1. The van der Waals surface area contributed by atoms with Crippen molar-refractivity contribution >= 4 is 17.2 Å². The molecule has 3 nitrogen and oxygen atoms in total. The van der Waals surface area contributed by atoms with Crippen LogP contribution in [0.3, 0.4) is 0 Å². The first kappa shape index (κ1) is 12.6. The second-order valence-corrected chi connectivity index (χ2v) is 5.80. The molecule has 1 aliphatic carbocycles. The van der Waals surface area contributed by atoms with E-state index in [1.807, 2.05) is 17.5 Å². The van der Waals surface area contributed by atoms with E-state index in [1.165, 1.54) is 17.7 Å². The average molecular weight is 252 g/mol. The summed E-state index contributed by atoms with van der Waals surface area (Å²) in [7, 11) is 0. The summed E-state index contributed by atoms with van der Waals surface area (Å²) in [6.07, 6.45) is 5.20. The highest BCUT2D eigenvalue weighted by Gasteiger charge is 2.23. The van der Waals surface area contributed by atoms with Crippen molar-refractivity contribution in [3.05, 3.63) is 22.4 Å². The van der Waals surface area contributed by atoms with Crippen molar-refractivity contribution in [1.82, 2.24) is 5.32 Å². The molecular formula is C13H20N2OS. The molecule has 2 atom stereocenters. The zero-order valence-electron chi connectivity index (χ0n) is 10.0. The van der Waals surface area contributed by atoms with E-state index in [1.54, 1.807) is 11.3 Å². The minimum absolute atomic E-state index is 0.140. The third-order valence-corrected chi connectivity index (χ3v) is 4.33. The lowest BCUT2D eigenvalue weighted by atomic mass is 9.83. The Bertz CT molecular complexity index is 350. The molecule has 1 amide bonds. The summed E-state index contributed by atoms with van der Waals surface area (Å²) in [5.41, 5.74) is 6.04. The molecule has 1 fully saturated rings. The van der Waals surface area contributed by atoms with Crippen molar-refractivity contribution in [2.45, 2.75) is 44.7 Å². The monoisotopic (exact) mass is 252 g/mol. The van der Waals surface area contributed by atoms with Crippen molar-refractivity contribution in [3.8, 4) is 0 Å². The molecule has 0 aromatic carbocycles. The summed E-state index contributed by atoms with van der Waals surface area (Å²) in [6.45, 7) is 0.651. The number of nitrogens with one attached hydrogen (secondary N) is 1. The SMILES string of the molecule is NC1CCCCC1CC(=O)NCc1cccs1. The largest absolute Gasteiger partial charge is 0.351 e. The molecule has 2 unspecified atom stereocenters. The molecular weight excluding hydrogens is 232 g/mol. The van der Waals surface area contributed by atoms with Gasteiger partial charge in [0.05, 0.1) is 6.54 Å². The van der Waals surface area contributed by atoms with Gasteiger partial charge in [0.15, 0.2) is 0 Å². The Morgan fingerprint density at radius 1 is 1.47 bits per heavy atom. The van der Waals surface area contributed by atoms with E-state index in [9.17, 15) is 4.79 Å². The molecule has 0 spiro atoms. The Labute approximate surface area is 106 Å². The first-order chi connectivity index (χ1) is 8.25. The number of carbonyl (C=O) groups is 1. The Hall–Kier alpha value is -0.870. The van der Waals surface area contributed by atoms with E-state index in [0.717, 1.165) is 12.8 Å². The van der Waals surface area contributed by atoms with Crippen LogP contribution in [0.5, 0.6) is 0 Å². The van der Waals surface area contributed by atoms with Crippen LogP contribution in [-0.4, -0.2) is 11.9 Å². The summed E-state index contributed by atoms with van der Waals surface area (Å²) < 4.78 is 0. The fraction of sp³-hybridized carbons (Fsp3) is 0.615. The van der Waals surface area contributed by atoms with Gasteiger partial charge in [-0.2, -0.15) is 0 Å². The van der Waals surface area contributed by atoms with Crippen LogP contribution in [0.25, 0.3) is 0 Å². The lowest BCUT2D eigenvalue weighted by molar-refractivity contribution is -0.122. The molecule has 1 aromatic rings. The highest BCUT2D eigenvalue weighted by Crippen LogP contribution is 2.25. The molecule has 1 aromatic heterocycles. The molecule has 0 radical (unpaired) electrons. The van der Waals surface area contributed by atoms with Crippen LogP contribution in [-0.2, 0) is 11.3 Å². The van der Waals surface area contributed by atoms with Crippen molar-refractivity contribution in [2.24, 2.45) is 11.7 Å². The molecule has 0 aliphatic heterocycles. The minimum atomic E-state index is 0.140. The summed E-state index contributed by atoms with van der Waals surface area (Å²) in [5, 5.41) is 5.00. The molecule has 2 rings (SSSR count). The van der Waals surface area contributed by atoms with Gasteiger partial charge in [0.2, 0.25) is 5.91 Å². The van der Waals surface area contributed by atoms with Gasteiger partial charge in [0.1, 0.15) is 0 Å². The van der Waals surface area contributed by atoms with Gasteiger partial charge in [-0.15, -0.1) is 11.3 Å². The van der Waals surface area contributed by atoms with Gasteiger partial charge in [0.25, 0.3) is 0 Å². The molecule has 17 heavy (non-hydrogen) atoms. The van der Waals surface area contributed by atoms with Crippen LogP contribution in [0.1, 0.15) is 37.0 Å². The third kappa shape index (κ3) is 3.82. The predicted octanol–water partition coefficient (Wildman–Crippen LogP) is 2.27. The van der Waals surface area contributed by atoms with Crippen molar-refractivity contribution in [3.63, 3.8) is 0 Å². The van der Waals surface area contributed by atoms with Crippen LogP contribution in [0.15, 0.2) is 17.5 Å². The average Bonchev–Trinajstić information content (AvgIpc) is 2.82. The van der Waals surface area contributed by atoms with E-state index < -0.39 is 0 Å². The maximum atomic E-state index is 11.8. The zero-order valence-corrected chi connectivity index (χ0v) is 10.8. The van der Waals surface area contributed by atoms with E-state index in [-0.39, 0.29) is 11.9 Å². The first-order valence-electron chi connectivity index (χ1n) is 6.30. The molecule has 94 valence electrons. The van der Waals surface area contributed by atoms with Gasteiger partial charge in [0, 0.05) is 17.3 Å². The van der Waals surface area contributed by atoms with Crippen LogP contribution in [0.2, 0.25) is 0 Å². The maximum absolute atomic E-state index is 11.8. The maximum Gasteiger partial charge on any atom is 0.220 e. The Kier molecular flexibility index (Phi) is 4.57. The summed E-state index contributed by atoms with van der Waals surface area (Å²) in [6, 6.07) is 4.26. The van der Waals surface area contributed by atoms with Crippen LogP contribution in [0, 0.1) is 5.92 Å². The van der Waals surface area contributed by atoms with Gasteiger partial charge in [-0.1, -0.05) is 18.9 Å². The number of nitrogens with two attached hydrogens (primary N) is 1. The zero-order chi connectivity index (χ0) is 12.1. The second kappa shape index (κ2) is 6.17. The fourth-order valence-corrected chi connectivity index (χ4v) is 3.04.